The zero-order chi connectivity index (χ0) is 12.4. The largest absolute Gasteiger partial charge is 0.491 e. The number of hydrogen-bond donors (Lipinski definition) is 0. The Balaban J connectivity index is 1.83. The van der Waals surface area contributed by atoms with Gasteiger partial charge in [0.2, 0.25) is 0 Å². The Hall–Kier alpha value is -0.700. The van der Waals surface area contributed by atoms with Crippen molar-refractivity contribution < 1.29 is 4.74 Å². The van der Waals surface area contributed by atoms with Crippen molar-refractivity contribution in [2.45, 2.75) is 25.7 Å². The van der Waals surface area contributed by atoms with Gasteiger partial charge in [0.15, 0.2) is 0 Å². The van der Waals surface area contributed by atoms with E-state index < -0.39 is 0 Å². The molecule has 0 unspecified atom stereocenters. The maximum Gasteiger partial charge on any atom is 0.142 e. The molecule has 3 rings (SSSR count). The number of fused-ring (bicyclic) bond motifs is 1. The summed E-state index contributed by atoms with van der Waals surface area (Å²) in [6, 6.07) is 8.46. The Morgan fingerprint density at radius 3 is 2.78 bits per heavy atom. The first-order chi connectivity index (χ1) is 8.83. The molecule has 3 heteroatoms. The number of anilines is 1. The highest BCUT2D eigenvalue weighted by atomic mass is 79.9. The number of nitrogens with zero attached hydrogens (tertiary/aromatic N) is 1. The first-order valence-corrected chi connectivity index (χ1v) is 7.98. The van der Waals surface area contributed by atoms with Crippen LogP contribution in [0.4, 0.5) is 5.69 Å². The van der Waals surface area contributed by atoms with E-state index >= 15 is 0 Å². The maximum atomic E-state index is 5.83. The topological polar surface area (TPSA) is 12.5 Å². The minimum atomic E-state index is 0.497. The van der Waals surface area contributed by atoms with E-state index in [9.17, 15) is 0 Å². The number of rotatable bonds is 3. The SMILES string of the molecule is BrCC1(CN2CCCOc3ccccc32)CCC1. The van der Waals surface area contributed by atoms with Crippen molar-refractivity contribution in [3.05, 3.63) is 24.3 Å². The van der Waals surface area contributed by atoms with Crippen molar-refractivity contribution in [3.8, 4) is 5.75 Å². The molecule has 1 fully saturated rings. The lowest BCUT2D eigenvalue weighted by Crippen LogP contribution is -2.44. The van der Waals surface area contributed by atoms with Gasteiger partial charge in [-0.05, 0) is 36.8 Å². The molecule has 2 aliphatic rings. The first kappa shape index (κ1) is 12.3. The van der Waals surface area contributed by atoms with Crippen LogP contribution in [0.25, 0.3) is 0 Å². The van der Waals surface area contributed by atoms with Gasteiger partial charge in [-0.3, -0.25) is 0 Å². The average Bonchev–Trinajstić information content (AvgIpc) is 2.56. The fourth-order valence-corrected chi connectivity index (χ4v) is 3.72. The summed E-state index contributed by atoms with van der Waals surface area (Å²) in [5.74, 6) is 1.05. The molecule has 1 aromatic carbocycles. The molecule has 18 heavy (non-hydrogen) atoms. The third-order valence-electron chi connectivity index (χ3n) is 4.26. The van der Waals surface area contributed by atoms with E-state index in [0.29, 0.717) is 5.41 Å². The minimum Gasteiger partial charge on any atom is -0.491 e. The summed E-state index contributed by atoms with van der Waals surface area (Å²) >= 11 is 3.71. The lowest BCUT2D eigenvalue weighted by molar-refractivity contribution is 0.177. The Morgan fingerprint density at radius 2 is 2.06 bits per heavy atom. The summed E-state index contributed by atoms with van der Waals surface area (Å²) < 4.78 is 5.83. The van der Waals surface area contributed by atoms with Crippen LogP contribution in [0.2, 0.25) is 0 Å². The van der Waals surface area contributed by atoms with Crippen molar-refractivity contribution in [1.29, 1.82) is 0 Å². The maximum absolute atomic E-state index is 5.83. The number of ether oxygens (including phenoxy) is 1. The van der Waals surface area contributed by atoms with Crippen molar-refractivity contribution in [1.82, 2.24) is 0 Å². The second-order valence-corrected chi connectivity index (χ2v) is 6.14. The molecule has 0 bridgehead atoms. The van der Waals surface area contributed by atoms with Crippen LogP contribution in [0.15, 0.2) is 24.3 Å². The zero-order valence-electron chi connectivity index (χ0n) is 10.7. The highest BCUT2D eigenvalue weighted by Gasteiger charge is 2.38. The van der Waals surface area contributed by atoms with E-state index in [2.05, 4.69) is 45.1 Å². The standard InChI is InChI=1S/C15H20BrNO/c16-11-15(7-3-8-15)12-17-9-4-10-18-14-6-2-1-5-13(14)17/h1-2,5-6H,3-4,7-12H2. The normalized spacial score (nSPS) is 21.5. The van der Waals surface area contributed by atoms with Crippen LogP contribution in [0.3, 0.4) is 0 Å². The number of para-hydroxylation sites is 2. The predicted molar refractivity (Wildman–Crippen MR) is 78.8 cm³/mol. The molecular weight excluding hydrogens is 290 g/mol. The van der Waals surface area contributed by atoms with E-state index in [0.717, 1.165) is 30.7 Å². The highest BCUT2D eigenvalue weighted by molar-refractivity contribution is 9.09. The van der Waals surface area contributed by atoms with Crippen molar-refractivity contribution in [2.24, 2.45) is 5.41 Å². The van der Waals surface area contributed by atoms with Crippen molar-refractivity contribution >= 4 is 21.6 Å². The summed E-state index contributed by atoms with van der Waals surface area (Å²) in [7, 11) is 0. The molecule has 0 aromatic heterocycles. The van der Waals surface area contributed by atoms with Gasteiger partial charge in [-0.25, -0.2) is 0 Å². The van der Waals surface area contributed by atoms with Crippen LogP contribution >= 0.6 is 15.9 Å². The van der Waals surface area contributed by atoms with Crippen LogP contribution in [0.1, 0.15) is 25.7 Å². The summed E-state index contributed by atoms with van der Waals surface area (Å²) in [5, 5.41) is 1.12. The molecule has 0 N–H and O–H groups in total. The molecule has 0 amide bonds. The molecular formula is C15H20BrNO. The molecule has 0 spiro atoms. The molecule has 1 saturated carbocycles. The van der Waals surface area contributed by atoms with Crippen molar-refractivity contribution in [3.63, 3.8) is 0 Å². The average molecular weight is 310 g/mol. The number of hydrogen-bond acceptors (Lipinski definition) is 2. The summed E-state index contributed by atoms with van der Waals surface area (Å²) in [4.78, 5) is 2.53. The summed E-state index contributed by atoms with van der Waals surface area (Å²) in [6.45, 7) is 3.12. The van der Waals surface area contributed by atoms with Gasteiger partial charge in [-0.1, -0.05) is 34.5 Å². The quantitative estimate of drug-likeness (QED) is 0.787. The number of alkyl halides is 1. The number of benzene rings is 1. The Bertz CT molecular complexity index is 411. The van der Waals surface area contributed by atoms with E-state index in [1.54, 1.807) is 0 Å². The molecule has 1 aliphatic carbocycles. The Morgan fingerprint density at radius 1 is 1.22 bits per heavy atom. The molecule has 1 aliphatic heterocycles. The molecule has 0 atom stereocenters. The van der Waals surface area contributed by atoms with Gasteiger partial charge in [-0.15, -0.1) is 0 Å². The molecule has 0 radical (unpaired) electrons. The van der Waals surface area contributed by atoms with Gasteiger partial charge in [-0.2, -0.15) is 0 Å². The van der Waals surface area contributed by atoms with Crippen LogP contribution in [-0.4, -0.2) is 25.0 Å². The zero-order valence-corrected chi connectivity index (χ0v) is 12.3. The van der Waals surface area contributed by atoms with Gasteiger partial charge >= 0.3 is 0 Å². The first-order valence-electron chi connectivity index (χ1n) is 6.86. The molecule has 1 heterocycles. The van der Waals surface area contributed by atoms with E-state index in [1.165, 1.54) is 31.5 Å². The fourth-order valence-electron chi connectivity index (χ4n) is 2.98. The third-order valence-corrected chi connectivity index (χ3v) is 5.45. The number of halogens is 1. The van der Waals surface area contributed by atoms with Crippen LogP contribution in [0.5, 0.6) is 5.75 Å². The predicted octanol–water partition coefficient (Wildman–Crippen LogP) is 3.84. The van der Waals surface area contributed by atoms with Gasteiger partial charge in [0, 0.05) is 18.4 Å². The van der Waals surface area contributed by atoms with E-state index in [4.69, 9.17) is 4.74 Å². The highest BCUT2D eigenvalue weighted by Crippen LogP contribution is 2.44. The molecule has 1 aromatic rings. The second-order valence-electron chi connectivity index (χ2n) is 5.58. The minimum absolute atomic E-state index is 0.497. The van der Waals surface area contributed by atoms with Gasteiger partial charge in [0.05, 0.1) is 12.3 Å². The van der Waals surface area contributed by atoms with Crippen LogP contribution in [-0.2, 0) is 0 Å². The van der Waals surface area contributed by atoms with E-state index in [1.807, 2.05) is 0 Å². The third kappa shape index (κ3) is 2.25. The van der Waals surface area contributed by atoms with Crippen molar-refractivity contribution in [2.75, 3.05) is 29.9 Å². The van der Waals surface area contributed by atoms with Gasteiger partial charge < -0.3 is 9.64 Å². The molecule has 0 saturated heterocycles. The van der Waals surface area contributed by atoms with Crippen LogP contribution in [0, 0.1) is 5.41 Å². The second kappa shape index (κ2) is 5.12. The van der Waals surface area contributed by atoms with Crippen LogP contribution < -0.4 is 9.64 Å². The Kier molecular flexibility index (Phi) is 3.51. The fraction of sp³-hybridized carbons (Fsp3) is 0.600. The van der Waals surface area contributed by atoms with Gasteiger partial charge in [0.1, 0.15) is 5.75 Å². The summed E-state index contributed by atoms with van der Waals surface area (Å²) in [6.07, 6.45) is 5.22. The molecule has 2 nitrogen and oxygen atoms in total. The smallest absolute Gasteiger partial charge is 0.142 e. The van der Waals surface area contributed by atoms with Gasteiger partial charge in [0.25, 0.3) is 0 Å². The Labute approximate surface area is 117 Å². The lowest BCUT2D eigenvalue weighted by Gasteiger charge is -2.44. The lowest BCUT2D eigenvalue weighted by atomic mass is 9.70. The molecule has 98 valence electrons. The van der Waals surface area contributed by atoms with E-state index in [-0.39, 0.29) is 0 Å². The summed E-state index contributed by atoms with van der Waals surface area (Å²) in [5.41, 5.74) is 1.78. The monoisotopic (exact) mass is 309 g/mol.